The topological polar surface area (TPSA) is 51.5 Å². The summed E-state index contributed by atoms with van der Waals surface area (Å²) in [6.07, 6.45) is 6.25. The molecule has 0 saturated carbocycles. The zero-order valence-corrected chi connectivity index (χ0v) is 12.0. The fourth-order valence-electron chi connectivity index (χ4n) is 2.33. The zero-order valence-electron chi connectivity index (χ0n) is 12.0. The van der Waals surface area contributed by atoms with Crippen molar-refractivity contribution in [2.24, 2.45) is 0 Å². The molecule has 108 valence electrons. The average Bonchev–Trinajstić information content (AvgIpc) is 2.86. The van der Waals surface area contributed by atoms with Crippen LogP contribution in [0.15, 0.2) is 48.9 Å². The van der Waals surface area contributed by atoms with Gasteiger partial charge in [0.1, 0.15) is 5.82 Å². The lowest BCUT2D eigenvalue weighted by Gasteiger charge is -2.08. The number of ether oxygens (including phenoxy) is 1. The van der Waals surface area contributed by atoms with Crippen LogP contribution in [0.1, 0.15) is 11.3 Å². The van der Waals surface area contributed by atoms with Crippen LogP contribution in [0.4, 0.5) is 5.82 Å². The molecule has 0 aliphatic carbocycles. The molecule has 0 unspecified atom stereocenters. The first-order chi connectivity index (χ1) is 10.4. The van der Waals surface area contributed by atoms with Gasteiger partial charge < -0.3 is 10.1 Å². The highest BCUT2D eigenvalue weighted by atomic mass is 16.5. The molecule has 5 nitrogen and oxygen atoms in total. The predicted octanol–water partition coefficient (Wildman–Crippen LogP) is 2.38. The Morgan fingerprint density at radius 1 is 1.24 bits per heavy atom. The fraction of sp³-hybridized carbons (Fsp3) is 0.250. The number of rotatable bonds is 6. The molecule has 0 fully saturated rings. The smallest absolute Gasteiger partial charge is 0.157 e. The maximum absolute atomic E-state index is 5.11. The quantitative estimate of drug-likeness (QED) is 0.705. The van der Waals surface area contributed by atoms with E-state index in [0.29, 0.717) is 6.61 Å². The van der Waals surface area contributed by atoms with Crippen molar-refractivity contribution in [3.8, 4) is 0 Å². The molecule has 21 heavy (non-hydrogen) atoms. The Morgan fingerprint density at radius 2 is 2.10 bits per heavy atom. The van der Waals surface area contributed by atoms with Gasteiger partial charge in [-0.1, -0.05) is 30.3 Å². The highest BCUT2D eigenvalue weighted by Gasteiger charge is 2.12. The largest absolute Gasteiger partial charge is 0.383 e. The standard InChI is InChI=1S/C16H18N4O/c1-21-10-8-18-16-14(11-13-5-3-2-4-6-13)19-15-12-17-7-9-20(15)16/h2-7,9,12,18H,8,10-11H2,1H3. The Kier molecular flexibility index (Phi) is 4.12. The van der Waals surface area contributed by atoms with Gasteiger partial charge in [-0.25, -0.2) is 4.98 Å². The van der Waals surface area contributed by atoms with Gasteiger partial charge in [0.2, 0.25) is 0 Å². The van der Waals surface area contributed by atoms with E-state index in [2.05, 4.69) is 27.4 Å². The van der Waals surface area contributed by atoms with Gasteiger partial charge in [0, 0.05) is 32.5 Å². The van der Waals surface area contributed by atoms with Crippen LogP contribution >= 0.6 is 0 Å². The van der Waals surface area contributed by atoms with E-state index in [1.54, 1.807) is 19.5 Å². The summed E-state index contributed by atoms with van der Waals surface area (Å²) >= 11 is 0. The van der Waals surface area contributed by atoms with E-state index in [-0.39, 0.29) is 0 Å². The first-order valence-corrected chi connectivity index (χ1v) is 6.96. The highest BCUT2D eigenvalue weighted by molar-refractivity contribution is 5.55. The van der Waals surface area contributed by atoms with E-state index >= 15 is 0 Å². The van der Waals surface area contributed by atoms with Gasteiger partial charge in [-0.3, -0.25) is 9.38 Å². The Bertz CT molecular complexity index is 709. The third kappa shape index (κ3) is 3.03. The first-order valence-electron chi connectivity index (χ1n) is 6.96. The molecular formula is C16H18N4O. The molecule has 1 aromatic carbocycles. The molecule has 0 saturated heterocycles. The van der Waals surface area contributed by atoms with Crippen LogP contribution in [-0.2, 0) is 11.2 Å². The molecule has 0 radical (unpaired) electrons. The summed E-state index contributed by atoms with van der Waals surface area (Å²) in [5.41, 5.74) is 3.11. The Morgan fingerprint density at radius 3 is 2.90 bits per heavy atom. The van der Waals surface area contributed by atoms with Crippen LogP contribution in [0.3, 0.4) is 0 Å². The first kappa shape index (κ1) is 13.6. The molecule has 0 bridgehead atoms. The minimum Gasteiger partial charge on any atom is -0.383 e. The van der Waals surface area contributed by atoms with Crippen molar-refractivity contribution in [1.29, 1.82) is 0 Å². The monoisotopic (exact) mass is 282 g/mol. The number of aromatic nitrogens is 3. The van der Waals surface area contributed by atoms with E-state index in [1.807, 2.05) is 28.8 Å². The maximum atomic E-state index is 5.11. The van der Waals surface area contributed by atoms with E-state index in [4.69, 9.17) is 4.74 Å². The van der Waals surface area contributed by atoms with Gasteiger partial charge >= 0.3 is 0 Å². The minimum absolute atomic E-state index is 0.656. The lowest BCUT2D eigenvalue weighted by molar-refractivity contribution is 0.210. The molecule has 0 amide bonds. The Labute approximate surface area is 123 Å². The number of benzene rings is 1. The molecule has 5 heteroatoms. The second kappa shape index (κ2) is 6.37. The number of fused-ring (bicyclic) bond motifs is 1. The van der Waals surface area contributed by atoms with E-state index in [9.17, 15) is 0 Å². The molecule has 0 atom stereocenters. The predicted molar refractivity (Wildman–Crippen MR) is 82.6 cm³/mol. The molecule has 0 aliphatic rings. The van der Waals surface area contributed by atoms with E-state index in [0.717, 1.165) is 30.1 Å². The SMILES string of the molecule is COCCNc1c(Cc2ccccc2)nc2cnccn12. The third-order valence-corrected chi connectivity index (χ3v) is 3.32. The minimum atomic E-state index is 0.656. The molecule has 1 N–H and O–H groups in total. The number of hydrogen-bond acceptors (Lipinski definition) is 4. The van der Waals surface area contributed by atoms with Gasteiger partial charge in [-0.05, 0) is 5.56 Å². The van der Waals surface area contributed by atoms with E-state index < -0.39 is 0 Å². The number of anilines is 1. The molecule has 2 aromatic heterocycles. The third-order valence-electron chi connectivity index (χ3n) is 3.32. The van der Waals surface area contributed by atoms with Crippen LogP contribution < -0.4 is 5.32 Å². The summed E-state index contributed by atoms with van der Waals surface area (Å²) in [7, 11) is 1.70. The van der Waals surface area contributed by atoms with Gasteiger partial charge in [0.15, 0.2) is 5.65 Å². The molecule has 3 rings (SSSR count). The van der Waals surface area contributed by atoms with Crippen LogP contribution in [0.5, 0.6) is 0 Å². The molecular weight excluding hydrogens is 264 g/mol. The van der Waals surface area contributed by atoms with Crippen molar-refractivity contribution >= 4 is 11.5 Å². The van der Waals surface area contributed by atoms with Crippen LogP contribution in [0, 0.1) is 0 Å². The zero-order chi connectivity index (χ0) is 14.5. The molecule has 0 aliphatic heterocycles. The number of imidazole rings is 1. The lowest BCUT2D eigenvalue weighted by Crippen LogP contribution is -2.11. The Hall–Kier alpha value is -2.40. The normalized spacial score (nSPS) is 10.9. The van der Waals surface area contributed by atoms with Crippen molar-refractivity contribution in [1.82, 2.24) is 14.4 Å². The van der Waals surface area contributed by atoms with Gasteiger partial charge in [-0.15, -0.1) is 0 Å². The summed E-state index contributed by atoms with van der Waals surface area (Å²) < 4.78 is 7.13. The summed E-state index contributed by atoms with van der Waals surface area (Å²) in [4.78, 5) is 8.82. The second-order valence-electron chi connectivity index (χ2n) is 4.79. The maximum Gasteiger partial charge on any atom is 0.157 e. The number of methoxy groups -OCH3 is 1. The second-order valence-corrected chi connectivity index (χ2v) is 4.79. The summed E-state index contributed by atoms with van der Waals surface area (Å²) in [5.74, 6) is 1.01. The summed E-state index contributed by atoms with van der Waals surface area (Å²) in [6, 6.07) is 10.3. The van der Waals surface area contributed by atoms with Crippen LogP contribution in [-0.4, -0.2) is 34.6 Å². The van der Waals surface area contributed by atoms with Gasteiger partial charge in [0.05, 0.1) is 18.5 Å². The summed E-state index contributed by atoms with van der Waals surface area (Å²) in [6.45, 7) is 1.40. The van der Waals surface area contributed by atoms with Gasteiger partial charge in [0.25, 0.3) is 0 Å². The van der Waals surface area contributed by atoms with Crippen molar-refractivity contribution in [2.45, 2.75) is 6.42 Å². The molecule has 2 heterocycles. The van der Waals surface area contributed by atoms with E-state index in [1.165, 1.54) is 5.56 Å². The summed E-state index contributed by atoms with van der Waals surface area (Å²) in [5, 5.41) is 3.41. The number of nitrogens with zero attached hydrogens (tertiary/aromatic N) is 3. The van der Waals surface area contributed by atoms with Crippen LogP contribution in [0.2, 0.25) is 0 Å². The van der Waals surface area contributed by atoms with Crippen molar-refractivity contribution in [3.63, 3.8) is 0 Å². The average molecular weight is 282 g/mol. The van der Waals surface area contributed by atoms with Crippen molar-refractivity contribution < 1.29 is 4.74 Å². The van der Waals surface area contributed by atoms with Gasteiger partial charge in [-0.2, -0.15) is 0 Å². The molecule has 3 aromatic rings. The number of hydrogen-bond donors (Lipinski definition) is 1. The van der Waals surface area contributed by atoms with Crippen molar-refractivity contribution in [2.75, 3.05) is 25.6 Å². The van der Waals surface area contributed by atoms with Crippen LogP contribution in [0.25, 0.3) is 5.65 Å². The Balaban J connectivity index is 1.94. The molecule has 0 spiro atoms. The lowest BCUT2D eigenvalue weighted by atomic mass is 10.1. The highest BCUT2D eigenvalue weighted by Crippen LogP contribution is 2.20. The van der Waals surface area contributed by atoms with Crippen molar-refractivity contribution in [3.05, 3.63) is 60.2 Å². The fourth-order valence-corrected chi connectivity index (χ4v) is 2.33. The number of nitrogens with one attached hydrogen (secondary N) is 1.